The Hall–Kier alpha value is -1.46. The first-order valence-corrected chi connectivity index (χ1v) is 5.33. The number of methoxy groups -OCH3 is 2. The van der Waals surface area contributed by atoms with E-state index in [1.54, 1.807) is 12.1 Å². The molecule has 1 atom stereocenters. The lowest BCUT2D eigenvalue weighted by molar-refractivity contribution is -0.118. The second-order valence-electron chi connectivity index (χ2n) is 3.48. The number of benzene rings is 1. The molecule has 1 amide bonds. The number of hydrogen-bond donors (Lipinski definition) is 2. The van der Waals surface area contributed by atoms with Crippen molar-refractivity contribution in [3.8, 4) is 11.5 Å². The second kappa shape index (κ2) is 5.75. The van der Waals surface area contributed by atoms with Gasteiger partial charge >= 0.3 is 0 Å². The zero-order chi connectivity index (χ0) is 13.0. The van der Waals surface area contributed by atoms with Crippen molar-refractivity contribution in [2.24, 2.45) is 11.5 Å². The standard InChI is InChI=1S/C11H15ClN2O3/c1-16-8-4-3-6(7(13)5-9(14)15)10(12)11(8)17-2/h3-4,7H,5,13H2,1-2H3,(H2,14,15). The number of carbonyl (C=O) groups excluding carboxylic acids is 1. The van der Waals surface area contributed by atoms with E-state index in [0.29, 0.717) is 22.1 Å². The predicted octanol–water partition coefficient (Wildman–Crippen LogP) is 1.23. The van der Waals surface area contributed by atoms with Crippen LogP contribution < -0.4 is 20.9 Å². The molecule has 0 aliphatic heterocycles. The molecule has 0 heterocycles. The number of amides is 1. The van der Waals surface area contributed by atoms with Gasteiger partial charge in [0, 0.05) is 12.5 Å². The van der Waals surface area contributed by atoms with Gasteiger partial charge in [-0.1, -0.05) is 17.7 Å². The number of rotatable bonds is 5. The minimum Gasteiger partial charge on any atom is -0.493 e. The third-order valence-electron chi connectivity index (χ3n) is 2.34. The molecule has 17 heavy (non-hydrogen) atoms. The quantitative estimate of drug-likeness (QED) is 0.832. The number of nitrogens with two attached hydrogens (primary N) is 2. The SMILES string of the molecule is COc1ccc(C(N)CC(N)=O)c(Cl)c1OC. The minimum atomic E-state index is -0.556. The fourth-order valence-electron chi connectivity index (χ4n) is 1.52. The van der Waals surface area contributed by atoms with Crippen LogP contribution >= 0.6 is 11.6 Å². The Bertz CT molecular complexity index is 423. The van der Waals surface area contributed by atoms with Crippen molar-refractivity contribution >= 4 is 17.5 Å². The first kappa shape index (κ1) is 13.6. The second-order valence-corrected chi connectivity index (χ2v) is 3.86. The summed E-state index contributed by atoms with van der Waals surface area (Å²) < 4.78 is 10.2. The summed E-state index contributed by atoms with van der Waals surface area (Å²) in [5, 5.41) is 0.334. The molecule has 1 aromatic rings. The Morgan fingerprint density at radius 1 is 1.41 bits per heavy atom. The van der Waals surface area contributed by atoms with E-state index in [1.165, 1.54) is 14.2 Å². The molecule has 0 aromatic heterocycles. The van der Waals surface area contributed by atoms with E-state index < -0.39 is 11.9 Å². The van der Waals surface area contributed by atoms with E-state index in [4.69, 9.17) is 32.5 Å². The Kier molecular flexibility index (Phi) is 4.60. The molecule has 0 radical (unpaired) electrons. The Morgan fingerprint density at radius 3 is 2.53 bits per heavy atom. The van der Waals surface area contributed by atoms with Crippen LogP contribution in [0.15, 0.2) is 12.1 Å². The largest absolute Gasteiger partial charge is 0.493 e. The van der Waals surface area contributed by atoms with Gasteiger partial charge in [-0.2, -0.15) is 0 Å². The van der Waals surface area contributed by atoms with Crippen molar-refractivity contribution < 1.29 is 14.3 Å². The van der Waals surface area contributed by atoms with Crippen LogP contribution in [0.1, 0.15) is 18.0 Å². The zero-order valence-electron chi connectivity index (χ0n) is 9.70. The maximum absolute atomic E-state index is 10.8. The number of ether oxygens (including phenoxy) is 2. The van der Waals surface area contributed by atoms with Crippen molar-refractivity contribution in [1.29, 1.82) is 0 Å². The maximum atomic E-state index is 10.8. The van der Waals surface area contributed by atoms with Crippen molar-refractivity contribution in [2.75, 3.05) is 14.2 Å². The topological polar surface area (TPSA) is 87.6 Å². The first-order chi connectivity index (χ1) is 8.01. The van der Waals surface area contributed by atoms with Gasteiger partial charge in [0.05, 0.1) is 19.2 Å². The molecule has 0 aliphatic rings. The monoisotopic (exact) mass is 258 g/mol. The highest BCUT2D eigenvalue weighted by Crippen LogP contribution is 2.39. The molecular formula is C11H15ClN2O3. The summed E-state index contributed by atoms with van der Waals surface area (Å²) in [6, 6.07) is 2.82. The van der Waals surface area contributed by atoms with Crippen molar-refractivity contribution in [3.05, 3.63) is 22.7 Å². The molecule has 1 aromatic carbocycles. The molecule has 1 rings (SSSR count). The average molecular weight is 259 g/mol. The highest BCUT2D eigenvalue weighted by atomic mass is 35.5. The van der Waals surface area contributed by atoms with Gasteiger partial charge in [0.2, 0.25) is 5.91 Å². The van der Waals surface area contributed by atoms with Crippen LogP contribution in [0.5, 0.6) is 11.5 Å². The first-order valence-electron chi connectivity index (χ1n) is 4.95. The summed E-state index contributed by atoms with van der Waals surface area (Å²) in [5.41, 5.74) is 11.5. The normalized spacial score (nSPS) is 12.0. The van der Waals surface area contributed by atoms with Crippen molar-refractivity contribution in [1.82, 2.24) is 0 Å². The Labute approximate surface area is 105 Å². The van der Waals surface area contributed by atoms with Crippen molar-refractivity contribution in [2.45, 2.75) is 12.5 Å². The Balaban J connectivity index is 3.14. The van der Waals surface area contributed by atoms with E-state index >= 15 is 0 Å². The molecule has 1 unspecified atom stereocenters. The highest BCUT2D eigenvalue weighted by Gasteiger charge is 2.18. The Morgan fingerprint density at radius 2 is 2.06 bits per heavy atom. The number of halogens is 1. The van der Waals surface area contributed by atoms with E-state index in [1.807, 2.05) is 0 Å². The van der Waals surface area contributed by atoms with Crippen LogP contribution in [0.4, 0.5) is 0 Å². The smallest absolute Gasteiger partial charge is 0.219 e. The third kappa shape index (κ3) is 3.01. The number of carbonyl (C=O) groups is 1. The van der Waals surface area contributed by atoms with Gasteiger partial charge in [0.15, 0.2) is 11.5 Å². The fourth-order valence-corrected chi connectivity index (χ4v) is 1.89. The lowest BCUT2D eigenvalue weighted by atomic mass is 10.0. The van der Waals surface area contributed by atoms with Gasteiger partial charge in [-0.15, -0.1) is 0 Å². The zero-order valence-corrected chi connectivity index (χ0v) is 10.5. The summed E-state index contributed by atoms with van der Waals surface area (Å²) >= 11 is 6.13. The minimum absolute atomic E-state index is 0.0230. The van der Waals surface area contributed by atoms with Crippen LogP contribution in [-0.2, 0) is 4.79 Å². The van der Waals surface area contributed by atoms with Crippen LogP contribution in [-0.4, -0.2) is 20.1 Å². The third-order valence-corrected chi connectivity index (χ3v) is 2.73. The van der Waals surface area contributed by atoms with Gasteiger partial charge in [-0.25, -0.2) is 0 Å². The van der Waals surface area contributed by atoms with Gasteiger partial charge < -0.3 is 20.9 Å². The molecule has 0 spiro atoms. The number of hydrogen-bond acceptors (Lipinski definition) is 4. The molecular weight excluding hydrogens is 244 g/mol. The predicted molar refractivity (Wildman–Crippen MR) is 65.3 cm³/mol. The van der Waals surface area contributed by atoms with E-state index in [0.717, 1.165) is 0 Å². The van der Waals surface area contributed by atoms with Crippen LogP contribution in [0.3, 0.4) is 0 Å². The van der Waals surface area contributed by atoms with E-state index in [9.17, 15) is 4.79 Å². The summed E-state index contributed by atoms with van der Waals surface area (Å²) in [7, 11) is 2.99. The summed E-state index contributed by atoms with van der Waals surface area (Å²) in [5.74, 6) is 0.419. The summed E-state index contributed by atoms with van der Waals surface area (Å²) in [6.45, 7) is 0. The average Bonchev–Trinajstić information content (AvgIpc) is 2.27. The van der Waals surface area contributed by atoms with Gasteiger partial charge in [-0.05, 0) is 11.6 Å². The lowest BCUT2D eigenvalue weighted by Gasteiger charge is -2.16. The summed E-state index contributed by atoms with van der Waals surface area (Å²) in [4.78, 5) is 10.8. The molecule has 94 valence electrons. The van der Waals surface area contributed by atoms with Crippen LogP contribution in [0.2, 0.25) is 5.02 Å². The molecule has 4 N–H and O–H groups in total. The van der Waals surface area contributed by atoms with E-state index in [2.05, 4.69) is 0 Å². The molecule has 0 fully saturated rings. The molecule has 5 nitrogen and oxygen atoms in total. The van der Waals surface area contributed by atoms with E-state index in [-0.39, 0.29) is 6.42 Å². The molecule has 0 aliphatic carbocycles. The molecule has 6 heteroatoms. The fraction of sp³-hybridized carbons (Fsp3) is 0.364. The van der Waals surface area contributed by atoms with Crippen LogP contribution in [0, 0.1) is 0 Å². The van der Waals surface area contributed by atoms with Crippen molar-refractivity contribution in [3.63, 3.8) is 0 Å². The molecule has 0 saturated heterocycles. The van der Waals surface area contributed by atoms with Gasteiger partial charge in [0.25, 0.3) is 0 Å². The molecule has 0 bridgehead atoms. The van der Waals surface area contributed by atoms with Crippen LogP contribution in [0.25, 0.3) is 0 Å². The number of primary amides is 1. The van der Waals surface area contributed by atoms with Gasteiger partial charge in [0.1, 0.15) is 0 Å². The summed E-state index contributed by atoms with van der Waals surface area (Å²) in [6.07, 6.45) is 0.0230. The molecule has 0 saturated carbocycles. The maximum Gasteiger partial charge on any atom is 0.219 e. The highest BCUT2D eigenvalue weighted by molar-refractivity contribution is 6.33. The van der Waals surface area contributed by atoms with Gasteiger partial charge in [-0.3, -0.25) is 4.79 Å². The lowest BCUT2D eigenvalue weighted by Crippen LogP contribution is -2.21.